The number of hydrogen-bond donors (Lipinski definition) is 3. The van der Waals surface area contributed by atoms with E-state index in [4.69, 9.17) is 53.0 Å². The Balaban J connectivity index is 1.43. The van der Waals surface area contributed by atoms with Crippen molar-refractivity contribution < 1.29 is 139 Å². The van der Waals surface area contributed by atoms with Crippen molar-refractivity contribution >= 4 is 23.9 Å². The molecule has 0 amide bonds. The first-order chi connectivity index (χ1) is 45.9. The van der Waals surface area contributed by atoms with Crippen LogP contribution in [0.4, 0.5) is 57.1 Å². The van der Waals surface area contributed by atoms with E-state index in [1.807, 2.05) is 6.07 Å². The molecule has 3 aromatic carbocycles. The molecule has 4 rings (SSSR count). The van der Waals surface area contributed by atoms with Gasteiger partial charge < -0.3 is 62.7 Å². The summed E-state index contributed by atoms with van der Waals surface area (Å²) < 4.78 is 236. The van der Waals surface area contributed by atoms with Crippen LogP contribution < -0.4 is 9.47 Å². The smallest absolute Gasteiger partial charge is 0.460 e. The normalized spacial score (nSPS) is 13.4. The largest absolute Gasteiger partial charge is 0.494 e. The Kier molecular flexibility index (Phi) is 33.7. The lowest BCUT2D eigenvalue weighted by Crippen LogP contribution is -2.70. The van der Waals surface area contributed by atoms with Gasteiger partial charge in [0.15, 0.2) is 0 Å². The van der Waals surface area contributed by atoms with Crippen LogP contribution in [0.2, 0.25) is 0 Å². The molecule has 3 N–H and O–H groups in total. The van der Waals surface area contributed by atoms with Gasteiger partial charge in [-0.2, -0.15) is 62.3 Å². The lowest BCUT2D eigenvalue weighted by molar-refractivity contribution is -0.440. The van der Waals surface area contributed by atoms with Gasteiger partial charge in [0.1, 0.15) is 11.5 Å². The molecule has 0 saturated carbocycles. The van der Waals surface area contributed by atoms with Gasteiger partial charge in [0.2, 0.25) is 11.8 Å². The fourth-order valence-electron chi connectivity index (χ4n) is 9.12. The van der Waals surface area contributed by atoms with Gasteiger partial charge >= 0.3 is 59.7 Å². The number of aliphatic hydroxyl groups is 1. The van der Waals surface area contributed by atoms with Crippen LogP contribution in [0.3, 0.4) is 0 Å². The molecule has 3 atom stereocenters. The van der Waals surface area contributed by atoms with Crippen LogP contribution in [0.1, 0.15) is 117 Å². The van der Waals surface area contributed by atoms with Crippen molar-refractivity contribution in [1.29, 1.82) is 5.26 Å². The third kappa shape index (κ3) is 23.9. The number of ether oxygens (including phenoxy) is 10. The highest BCUT2D eigenvalue weighted by molar-refractivity contribution is 5.91. The zero-order valence-corrected chi connectivity index (χ0v) is 53.2. The minimum atomic E-state index is -8.16. The van der Waals surface area contributed by atoms with Crippen molar-refractivity contribution in [3.05, 3.63) is 101 Å². The number of esters is 4. The first-order valence-corrected chi connectivity index (χ1v) is 31.0. The Morgan fingerprint density at radius 1 is 0.526 bits per heavy atom. The number of carbonyl (C=O) groups is 4. The number of rotatable bonds is 48. The summed E-state index contributed by atoms with van der Waals surface area (Å²) in [6, 6.07) is 20.8. The number of benzene rings is 3. The summed E-state index contributed by atoms with van der Waals surface area (Å²) in [5.41, 5.74) is -0.230. The third-order valence-corrected chi connectivity index (χ3v) is 14.6. The first kappa shape index (κ1) is 82.0. The molecule has 0 aliphatic rings. The molecule has 3 unspecified atom stereocenters. The van der Waals surface area contributed by atoms with Crippen LogP contribution in [-0.2, 0) is 58.7 Å². The second kappa shape index (κ2) is 39.8. The molecule has 4 aromatic rings. The second-order valence-corrected chi connectivity index (χ2v) is 22.0. The predicted octanol–water partition coefficient (Wildman–Crippen LogP) is 12.7. The topological polar surface area (TPSA) is 250 Å². The fraction of sp³-hybridized carbons (Fsp3) is 0.585. The van der Waals surface area contributed by atoms with Gasteiger partial charge in [-0.15, -0.1) is 0 Å². The number of alkyl halides is 13. The molecule has 542 valence electrons. The Hall–Kier alpha value is -7.44. The number of aliphatic hydroxyl groups excluding tert-OH is 1. The molecule has 1 aromatic heterocycles. The Morgan fingerprint density at radius 2 is 0.990 bits per heavy atom. The van der Waals surface area contributed by atoms with Crippen molar-refractivity contribution in [2.45, 2.75) is 133 Å². The maximum Gasteiger partial charge on any atom is 0.460 e. The molecule has 19 nitrogen and oxygen atoms in total. The molecular formula is C65H79F13N2O17. The molecule has 0 bridgehead atoms. The number of halogens is 13. The molecule has 0 aliphatic carbocycles. The van der Waals surface area contributed by atoms with Gasteiger partial charge in [0.05, 0.1) is 73.5 Å². The number of unbranched alkanes of at least 4 members (excludes halogenated alkanes) is 1. The minimum absolute atomic E-state index is 0.0107. The summed E-state index contributed by atoms with van der Waals surface area (Å²) >= 11 is 0. The number of nitriles is 1. The molecule has 32 heteroatoms. The predicted molar refractivity (Wildman–Crippen MR) is 318 cm³/mol. The fourth-order valence-corrected chi connectivity index (χ4v) is 9.12. The van der Waals surface area contributed by atoms with Crippen molar-refractivity contribution in [1.82, 2.24) is 4.57 Å². The van der Waals surface area contributed by atoms with Gasteiger partial charge in [-0.25, -0.2) is 4.79 Å². The number of para-hydroxylation sites is 1. The Labute approximate surface area is 550 Å². The highest BCUT2D eigenvalue weighted by Gasteiger charge is 2.90. The Morgan fingerprint density at radius 3 is 1.49 bits per heavy atom. The lowest BCUT2D eigenvalue weighted by Gasteiger charge is -2.39. The van der Waals surface area contributed by atoms with Gasteiger partial charge in [0, 0.05) is 90.2 Å². The van der Waals surface area contributed by atoms with Gasteiger partial charge in [-0.1, -0.05) is 32.0 Å². The minimum Gasteiger partial charge on any atom is -0.494 e. The third-order valence-electron chi connectivity index (χ3n) is 14.6. The molecule has 0 spiro atoms. The number of aromatic nitrogens is 1. The first-order valence-electron chi connectivity index (χ1n) is 31.0. The Bertz CT molecular complexity index is 3060. The molecule has 0 fully saturated rings. The highest BCUT2D eigenvalue weighted by atomic mass is 19.4. The van der Waals surface area contributed by atoms with Crippen LogP contribution in [0, 0.1) is 23.2 Å². The van der Waals surface area contributed by atoms with E-state index in [0.717, 1.165) is 17.4 Å². The van der Waals surface area contributed by atoms with E-state index in [-0.39, 0.29) is 68.3 Å². The quantitative estimate of drug-likeness (QED) is 0.0122. The van der Waals surface area contributed by atoms with E-state index >= 15 is 0 Å². The molecule has 0 aliphatic heterocycles. The monoisotopic (exact) mass is 1410 g/mol. The van der Waals surface area contributed by atoms with Gasteiger partial charge in [-0.3, -0.25) is 19.0 Å². The van der Waals surface area contributed by atoms with E-state index in [2.05, 4.69) is 4.74 Å². The summed E-state index contributed by atoms with van der Waals surface area (Å²) in [6.07, 6.45) is -8.58. The van der Waals surface area contributed by atoms with Crippen molar-refractivity contribution in [3.8, 4) is 35.0 Å². The van der Waals surface area contributed by atoms with Gasteiger partial charge in [-0.05, 0) is 125 Å². The van der Waals surface area contributed by atoms with Crippen LogP contribution in [-0.4, -0.2) is 179 Å². The van der Waals surface area contributed by atoms with E-state index in [1.54, 1.807) is 6.07 Å². The van der Waals surface area contributed by atoms with Crippen LogP contribution in [0.15, 0.2) is 78.9 Å². The van der Waals surface area contributed by atoms with Crippen LogP contribution in [0.25, 0.3) is 5.69 Å². The van der Waals surface area contributed by atoms with E-state index in [1.165, 1.54) is 86.6 Å². The van der Waals surface area contributed by atoms with Crippen molar-refractivity contribution in [2.75, 3.05) is 99.1 Å². The van der Waals surface area contributed by atoms with Crippen LogP contribution >= 0.6 is 0 Å². The van der Waals surface area contributed by atoms with Gasteiger partial charge in [0.25, 0.3) is 0 Å². The van der Waals surface area contributed by atoms with E-state index < -0.39 is 134 Å². The number of hydrogen-bond acceptors (Lipinski definition) is 18. The van der Waals surface area contributed by atoms with Crippen LogP contribution in [0.5, 0.6) is 23.3 Å². The maximum atomic E-state index is 14.8. The zero-order chi connectivity index (χ0) is 71.9. The molecule has 0 saturated heterocycles. The number of carbonyl (C=O) groups excluding carboxylic acids is 4. The average Bonchev–Trinajstić information content (AvgIpc) is 1.41. The van der Waals surface area contributed by atoms with Crippen molar-refractivity contribution in [3.63, 3.8) is 0 Å². The maximum absolute atomic E-state index is 14.8. The lowest BCUT2D eigenvalue weighted by atomic mass is 9.84. The van der Waals surface area contributed by atoms with E-state index in [0.29, 0.717) is 90.0 Å². The van der Waals surface area contributed by atoms with Crippen molar-refractivity contribution in [2.24, 2.45) is 11.8 Å². The zero-order valence-electron chi connectivity index (χ0n) is 53.2. The summed E-state index contributed by atoms with van der Waals surface area (Å²) in [7, 11) is 0. The number of nitrogens with zero attached hydrogens (tertiary/aromatic N) is 2. The summed E-state index contributed by atoms with van der Waals surface area (Å²) in [6.45, 7) is 4.62. The average molecular weight is 1410 g/mol. The second-order valence-electron chi connectivity index (χ2n) is 22.0. The highest BCUT2D eigenvalue weighted by Crippen LogP contribution is 2.61. The number of aromatic hydroxyl groups is 2. The summed E-state index contributed by atoms with van der Waals surface area (Å²) in [5.74, 6) is -49.0. The standard InChI is InChI=1S/C65H79F13N2O17/c1-3-46(57(85)96-40-25-60(66,67)61(68,69)62(70,71)63(72,73)64(74,75)65(76,77)78)42-52(59(87)95-38-8-7-37-93-49-23-19-47(20-24-49)58(86)97-50-21-17-45(43-79)18-22-50)53-51(54(82)80(55(53)83)48-15-5-4-6-16-48)41-44(2)56(84)94-39-14-36-92-35-13-34-91-33-12-32-90-31-11-30-89-29-10-28-88-27-9-26-81/h4-6,15-24,44,46,52,81-83H,3,7-14,25-42H2,1-2H3. The summed E-state index contributed by atoms with van der Waals surface area (Å²) in [5, 5.41) is 41.7. The molecule has 1 heterocycles. The SMILES string of the molecule is CCC(CC(C(=O)OCCCCOc1ccc(C(=O)Oc2ccc(C#N)cc2)cc1)c1c(CC(C)C(=O)OCCCOCCCOCCCOCCCOCCCOCCCO)c(O)n(-c2ccccc2)c1O)C(=O)OCCC(F)(F)C(F)(F)C(F)(F)C(F)(F)C(F)(F)C(F)(F)F. The molecular weight excluding hydrogens is 1330 g/mol. The molecule has 97 heavy (non-hydrogen) atoms. The molecule has 0 radical (unpaired) electrons. The van der Waals surface area contributed by atoms with E-state index in [9.17, 15) is 86.5 Å². The summed E-state index contributed by atoms with van der Waals surface area (Å²) in [4.78, 5) is 54.2.